The number of ether oxygens (including phenoxy) is 2. The third-order valence-electron chi connectivity index (χ3n) is 5.17. The molecule has 27 heavy (non-hydrogen) atoms. The number of carbonyl (C=O) groups is 1. The average Bonchev–Trinajstić information content (AvgIpc) is 3.01. The van der Waals surface area contributed by atoms with Crippen LogP contribution in [0.25, 0.3) is 6.08 Å². The van der Waals surface area contributed by atoms with Crippen molar-refractivity contribution in [2.75, 3.05) is 20.2 Å². The number of phenolic OH excluding ortho intramolecular Hbond substituents is 1. The first-order valence-corrected chi connectivity index (χ1v) is 9.32. The lowest BCUT2D eigenvalue weighted by atomic mass is 10.0. The highest BCUT2D eigenvalue weighted by molar-refractivity contribution is 6.15. The van der Waals surface area contributed by atoms with Crippen LogP contribution in [0.5, 0.6) is 17.2 Å². The second-order valence-corrected chi connectivity index (χ2v) is 6.96. The van der Waals surface area contributed by atoms with Crippen molar-refractivity contribution in [2.24, 2.45) is 0 Å². The van der Waals surface area contributed by atoms with Crippen molar-refractivity contribution in [3.8, 4) is 17.2 Å². The van der Waals surface area contributed by atoms with Crippen LogP contribution in [0.2, 0.25) is 0 Å². The molecule has 4 rings (SSSR count). The Kier molecular flexibility index (Phi) is 4.86. The van der Waals surface area contributed by atoms with Crippen LogP contribution in [0, 0.1) is 0 Å². The van der Waals surface area contributed by atoms with Crippen LogP contribution in [0.4, 0.5) is 0 Å². The molecule has 2 heterocycles. The highest BCUT2D eigenvalue weighted by Gasteiger charge is 2.32. The van der Waals surface area contributed by atoms with Gasteiger partial charge in [0.05, 0.1) is 18.2 Å². The smallest absolute Gasteiger partial charge is 0.231 e. The van der Waals surface area contributed by atoms with Gasteiger partial charge in [-0.25, -0.2) is 0 Å². The van der Waals surface area contributed by atoms with Crippen molar-refractivity contribution < 1.29 is 19.4 Å². The third kappa shape index (κ3) is 3.43. The Bertz CT molecular complexity index is 897. The molecule has 2 aliphatic rings. The first kappa shape index (κ1) is 17.6. The van der Waals surface area contributed by atoms with Gasteiger partial charge in [-0.15, -0.1) is 0 Å². The van der Waals surface area contributed by atoms with E-state index in [9.17, 15) is 9.90 Å². The number of allylic oxidation sites excluding steroid dienone is 1. The predicted molar refractivity (Wildman–Crippen MR) is 103 cm³/mol. The second-order valence-electron chi connectivity index (χ2n) is 6.96. The van der Waals surface area contributed by atoms with Crippen molar-refractivity contribution in [3.63, 3.8) is 0 Å². The van der Waals surface area contributed by atoms with Gasteiger partial charge in [-0.2, -0.15) is 0 Å². The highest BCUT2D eigenvalue weighted by Crippen LogP contribution is 2.40. The molecule has 1 fully saturated rings. The zero-order valence-corrected chi connectivity index (χ0v) is 15.4. The molecule has 2 aromatic rings. The van der Waals surface area contributed by atoms with Gasteiger partial charge in [-0.3, -0.25) is 9.69 Å². The maximum Gasteiger partial charge on any atom is 0.231 e. The summed E-state index contributed by atoms with van der Waals surface area (Å²) in [7, 11) is 1.60. The molecule has 0 radical (unpaired) electrons. The zero-order chi connectivity index (χ0) is 18.8. The number of methoxy groups -OCH3 is 1. The largest absolute Gasteiger partial charge is 0.507 e. The molecule has 5 nitrogen and oxygen atoms in total. The van der Waals surface area contributed by atoms with Crippen LogP contribution in [-0.4, -0.2) is 36.0 Å². The number of nitrogens with zero attached hydrogens (tertiary/aromatic N) is 1. The van der Waals surface area contributed by atoms with Crippen LogP contribution in [0.1, 0.15) is 40.7 Å². The molecule has 0 atom stereocenters. The first-order valence-electron chi connectivity index (χ1n) is 9.32. The van der Waals surface area contributed by atoms with Gasteiger partial charge in [0, 0.05) is 12.1 Å². The summed E-state index contributed by atoms with van der Waals surface area (Å²) in [6.07, 6.45) is 5.27. The molecule has 0 amide bonds. The third-order valence-corrected chi connectivity index (χ3v) is 5.17. The van der Waals surface area contributed by atoms with Gasteiger partial charge >= 0.3 is 0 Å². The number of fused-ring (bicyclic) bond motifs is 1. The Morgan fingerprint density at radius 1 is 1.15 bits per heavy atom. The number of phenols is 1. The lowest BCUT2D eigenvalue weighted by Crippen LogP contribution is -2.29. The zero-order valence-electron chi connectivity index (χ0n) is 15.4. The summed E-state index contributed by atoms with van der Waals surface area (Å²) in [5.41, 5.74) is 1.96. The molecule has 0 unspecified atom stereocenters. The fraction of sp³-hybridized carbons (Fsp3) is 0.318. The lowest BCUT2D eigenvalue weighted by Gasteiger charge is -2.27. The van der Waals surface area contributed by atoms with Gasteiger partial charge in [-0.05, 0) is 50.2 Å². The number of ketones is 1. The van der Waals surface area contributed by atoms with E-state index in [1.807, 2.05) is 24.3 Å². The topological polar surface area (TPSA) is 59.0 Å². The number of carbonyl (C=O) groups excluding carboxylic acids is 1. The summed E-state index contributed by atoms with van der Waals surface area (Å²) in [5.74, 6) is 1.40. The molecule has 5 heteroatoms. The van der Waals surface area contributed by atoms with Crippen molar-refractivity contribution in [1.82, 2.24) is 4.90 Å². The number of aromatic hydroxyl groups is 1. The fourth-order valence-electron chi connectivity index (χ4n) is 3.72. The van der Waals surface area contributed by atoms with E-state index in [0.29, 0.717) is 29.2 Å². The van der Waals surface area contributed by atoms with Gasteiger partial charge in [0.2, 0.25) is 5.78 Å². The van der Waals surface area contributed by atoms with Crippen molar-refractivity contribution in [3.05, 3.63) is 58.8 Å². The Morgan fingerprint density at radius 3 is 2.70 bits per heavy atom. The Balaban J connectivity index is 1.67. The lowest BCUT2D eigenvalue weighted by molar-refractivity contribution is 0.101. The van der Waals surface area contributed by atoms with E-state index < -0.39 is 0 Å². The number of likely N-dealkylation sites (tertiary alicyclic amines) is 1. The minimum absolute atomic E-state index is 0.171. The quantitative estimate of drug-likeness (QED) is 0.830. The molecular formula is C22H23NO4. The molecule has 0 spiro atoms. The summed E-state index contributed by atoms with van der Waals surface area (Å²) >= 11 is 0. The number of piperidine rings is 1. The van der Waals surface area contributed by atoms with Crippen LogP contribution < -0.4 is 9.47 Å². The van der Waals surface area contributed by atoms with Gasteiger partial charge in [0.25, 0.3) is 0 Å². The van der Waals surface area contributed by atoms with Gasteiger partial charge in [0.1, 0.15) is 17.2 Å². The molecule has 2 aromatic carbocycles. The molecule has 0 aliphatic carbocycles. The summed E-state index contributed by atoms with van der Waals surface area (Å²) < 4.78 is 11.3. The molecule has 2 aliphatic heterocycles. The number of Topliss-reactive ketones (excluding diaryl/α,β-unsaturated/α-hetero) is 1. The van der Waals surface area contributed by atoms with Gasteiger partial charge in [0.15, 0.2) is 5.76 Å². The Hall–Kier alpha value is -2.79. The summed E-state index contributed by atoms with van der Waals surface area (Å²) in [6, 6.07) is 10.7. The number of para-hydroxylation sites is 1. The minimum atomic E-state index is -0.171. The van der Waals surface area contributed by atoms with Crippen LogP contribution >= 0.6 is 0 Å². The number of benzene rings is 2. The molecular weight excluding hydrogens is 342 g/mol. The Labute approximate surface area is 158 Å². The van der Waals surface area contributed by atoms with Gasteiger partial charge in [-0.1, -0.05) is 24.6 Å². The second kappa shape index (κ2) is 7.45. The number of hydrogen-bond donors (Lipinski definition) is 1. The summed E-state index contributed by atoms with van der Waals surface area (Å²) in [4.78, 5) is 15.1. The molecule has 1 saturated heterocycles. The number of rotatable bonds is 4. The fourth-order valence-corrected chi connectivity index (χ4v) is 3.72. The monoisotopic (exact) mass is 365 g/mol. The molecule has 140 valence electrons. The van der Waals surface area contributed by atoms with Crippen molar-refractivity contribution in [1.29, 1.82) is 0 Å². The van der Waals surface area contributed by atoms with Crippen LogP contribution in [0.3, 0.4) is 0 Å². The SMILES string of the molecule is COc1ccccc1C=C1Oc2c(ccc(O)c2CN2CCCCC2)C1=O. The number of hydrogen-bond acceptors (Lipinski definition) is 5. The van der Waals surface area contributed by atoms with Gasteiger partial charge < -0.3 is 14.6 Å². The Morgan fingerprint density at radius 2 is 1.93 bits per heavy atom. The highest BCUT2D eigenvalue weighted by atomic mass is 16.5. The average molecular weight is 365 g/mol. The van der Waals surface area contributed by atoms with Crippen LogP contribution in [0.15, 0.2) is 42.2 Å². The van der Waals surface area contributed by atoms with Crippen molar-refractivity contribution >= 4 is 11.9 Å². The molecule has 0 bridgehead atoms. The van der Waals surface area contributed by atoms with E-state index in [1.165, 1.54) is 6.42 Å². The van der Waals surface area contributed by atoms with E-state index in [4.69, 9.17) is 9.47 Å². The summed E-state index contributed by atoms with van der Waals surface area (Å²) in [6.45, 7) is 2.59. The maximum atomic E-state index is 12.8. The molecule has 0 saturated carbocycles. The van der Waals surface area contributed by atoms with E-state index in [0.717, 1.165) is 31.5 Å². The minimum Gasteiger partial charge on any atom is -0.507 e. The molecule has 1 N–H and O–H groups in total. The van der Waals surface area contributed by atoms with E-state index in [1.54, 1.807) is 25.3 Å². The van der Waals surface area contributed by atoms with Crippen LogP contribution in [-0.2, 0) is 6.54 Å². The van der Waals surface area contributed by atoms with E-state index in [-0.39, 0.29) is 17.3 Å². The van der Waals surface area contributed by atoms with Crippen molar-refractivity contribution in [2.45, 2.75) is 25.8 Å². The normalized spacial score (nSPS) is 18.4. The van der Waals surface area contributed by atoms with E-state index in [2.05, 4.69) is 4.90 Å². The maximum absolute atomic E-state index is 12.8. The standard InChI is InChI=1S/C22H23NO4/c1-26-19-8-4-3-7-15(19)13-20-21(25)16-9-10-18(24)17(22(16)27-20)14-23-11-5-2-6-12-23/h3-4,7-10,13,24H,2,5-6,11-12,14H2,1H3. The predicted octanol–water partition coefficient (Wildman–Crippen LogP) is 4.00. The first-order chi connectivity index (χ1) is 13.2. The summed E-state index contributed by atoms with van der Waals surface area (Å²) in [5, 5.41) is 10.4. The van der Waals surface area contributed by atoms with E-state index >= 15 is 0 Å². The molecule has 0 aromatic heterocycles.